The number of carbonyl (C=O) groups excluding carboxylic acids is 1. The molecule has 3 fully saturated rings. The van der Waals surface area contributed by atoms with Gasteiger partial charge in [-0.15, -0.1) is 0 Å². The molecule has 0 aromatic heterocycles. The molecule has 0 heterocycles. The topological polar surface area (TPSA) is 26.3 Å². The average molecular weight is 416 g/mol. The smallest absolute Gasteiger partial charge is 0.205 e. The Bertz CT molecular complexity index is 689. The molecule has 2 nitrogen and oxygen atoms in total. The summed E-state index contributed by atoms with van der Waals surface area (Å²) in [6, 6.07) is 0. The minimum Gasteiger partial charge on any atom is -0.413 e. The standard InChI is InChI=1S/C26H43O2Si/c1-24(2,3)23(28-29(6)7)22-11-10-20-19-9-8-17-16-18(27)12-14-25(17,4)21(19)13-15-26(20,22)5/h16,19-23H,8-15H2,1-7H3/t19-,20-,21-,22+,23?,25-,26-/m0/s1. The summed E-state index contributed by atoms with van der Waals surface area (Å²) in [5.74, 6) is 3.56. The van der Waals surface area contributed by atoms with Gasteiger partial charge in [-0.3, -0.25) is 4.79 Å². The van der Waals surface area contributed by atoms with E-state index in [1.807, 2.05) is 6.08 Å². The van der Waals surface area contributed by atoms with Crippen molar-refractivity contribution >= 4 is 14.8 Å². The van der Waals surface area contributed by atoms with Crippen LogP contribution in [-0.2, 0) is 9.22 Å². The second-order valence-corrected chi connectivity index (χ2v) is 14.6. The van der Waals surface area contributed by atoms with Crippen molar-refractivity contribution in [1.82, 2.24) is 0 Å². The Balaban J connectivity index is 1.62. The maximum Gasteiger partial charge on any atom is 0.205 e. The van der Waals surface area contributed by atoms with Crippen molar-refractivity contribution in [3.05, 3.63) is 11.6 Å². The maximum atomic E-state index is 12.1. The lowest BCUT2D eigenvalue weighted by molar-refractivity contribution is -0.118. The Hall–Kier alpha value is -0.413. The van der Waals surface area contributed by atoms with E-state index in [0.717, 1.165) is 37.0 Å². The Morgan fingerprint density at radius 3 is 2.41 bits per heavy atom. The number of carbonyl (C=O) groups is 1. The first-order valence-corrected chi connectivity index (χ1v) is 14.6. The molecule has 0 spiro atoms. The van der Waals surface area contributed by atoms with Crippen LogP contribution in [0.25, 0.3) is 0 Å². The van der Waals surface area contributed by atoms with Crippen molar-refractivity contribution in [2.24, 2.45) is 39.9 Å². The summed E-state index contributed by atoms with van der Waals surface area (Å²) in [5, 5.41) is 0. The largest absolute Gasteiger partial charge is 0.413 e. The monoisotopic (exact) mass is 415 g/mol. The fourth-order valence-corrected chi connectivity index (χ4v) is 9.24. The van der Waals surface area contributed by atoms with E-state index in [2.05, 4.69) is 47.7 Å². The van der Waals surface area contributed by atoms with Crippen LogP contribution in [0.5, 0.6) is 0 Å². The molecule has 0 saturated heterocycles. The van der Waals surface area contributed by atoms with Crippen LogP contribution in [0, 0.1) is 39.9 Å². The molecule has 3 saturated carbocycles. The third-order valence-electron chi connectivity index (χ3n) is 9.62. The number of hydrogen-bond donors (Lipinski definition) is 0. The van der Waals surface area contributed by atoms with Crippen LogP contribution >= 0.6 is 0 Å². The number of rotatable bonds is 3. The molecule has 0 amide bonds. The zero-order valence-electron chi connectivity index (χ0n) is 19.9. The summed E-state index contributed by atoms with van der Waals surface area (Å²) in [7, 11) is -0.709. The van der Waals surface area contributed by atoms with Crippen LogP contribution in [0.4, 0.5) is 0 Å². The summed E-state index contributed by atoms with van der Waals surface area (Å²) < 4.78 is 6.72. The van der Waals surface area contributed by atoms with Crippen LogP contribution in [0.15, 0.2) is 11.6 Å². The lowest BCUT2D eigenvalue weighted by Gasteiger charge is -2.59. The van der Waals surface area contributed by atoms with Gasteiger partial charge in [0.2, 0.25) is 9.04 Å². The first kappa shape index (κ1) is 21.8. The summed E-state index contributed by atoms with van der Waals surface area (Å²) in [6.07, 6.45) is 12.2. The molecule has 1 radical (unpaired) electrons. The van der Waals surface area contributed by atoms with E-state index in [1.54, 1.807) is 0 Å². The van der Waals surface area contributed by atoms with Gasteiger partial charge in [-0.2, -0.15) is 0 Å². The van der Waals surface area contributed by atoms with Crippen LogP contribution in [-0.4, -0.2) is 20.9 Å². The van der Waals surface area contributed by atoms with E-state index >= 15 is 0 Å². The highest BCUT2D eigenvalue weighted by Crippen LogP contribution is 2.67. The molecule has 163 valence electrons. The summed E-state index contributed by atoms with van der Waals surface area (Å²) in [6.45, 7) is 16.9. The predicted molar refractivity (Wildman–Crippen MR) is 122 cm³/mol. The predicted octanol–water partition coefficient (Wildman–Crippen LogP) is 6.82. The Morgan fingerprint density at radius 1 is 1.03 bits per heavy atom. The minimum atomic E-state index is -0.709. The van der Waals surface area contributed by atoms with Gasteiger partial charge in [0.05, 0.1) is 6.10 Å². The highest BCUT2D eigenvalue weighted by atomic mass is 28.3. The van der Waals surface area contributed by atoms with E-state index in [0.29, 0.717) is 28.6 Å². The molecule has 0 aromatic carbocycles. The number of allylic oxidation sites excluding steroid dienone is 1. The zero-order valence-corrected chi connectivity index (χ0v) is 20.9. The van der Waals surface area contributed by atoms with Crippen LogP contribution < -0.4 is 0 Å². The average Bonchev–Trinajstić information content (AvgIpc) is 2.96. The fraction of sp³-hybridized carbons (Fsp3) is 0.885. The molecule has 3 heteroatoms. The fourth-order valence-electron chi connectivity index (χ4n) is 8.21. The second kappa shape index (κ2) is 7.33. The Labute approximate surface area is 181 Å². The van der Waals surface area contributed by atoms with Gasteiger partial charge in [0.1, 0.15) is 0 Å². The van der Waals surface area contributed by atoms with Gasteiger partial charge in [0, 0.05) is 6.42 Å². The number of hydrogen-bond acceptors (Lipinski definition) is 2. The van der Waals surface area contributed by atoms with Crippen LogP contribution in [0.1, 0.15) is 86.0 Å². The molecule has 4 aliphatic carbocycles. The van der Waals surface area contributed by atoms with E-state index in [-0.39, 0.29) is 5.41 Å². The van der Waals surface area contributed by atoms with Gasteiger partial charge >= 0.3 is 0 Å². The van der Waals surface area contributed by atoms with E-state index in [9.17, 15) is 4.79 Å². The lowest BCUT2D eigenvalue weighted by atomic mass is 9.46. The third-order valence-corrected chi connectivity index (χ3v) is 10.3. The van der Waals surface area contributed by atoms with Crippen molar-refractivity contribution in [3.63, 3.8) is 0 Å². The van der Waals surface area contributed by atoms with Crippen molar-refractivity contribution in [1.29, 1.82) is 0 Å². The van der Waals surface area contributed by atoms with Gasteiger partial charge in [0.15, 0.2) is 5.78 Å². The first-order valence-electron chi connectivity index (χ1n) is 12.2. The van der Waals surface area contributed by atoms with Gasteiger partial charge in [-0.25, -0.2) is 0 Å². The minimum absolute atomic E-state index is 0.208. The van der Waals surface area contributed by atoms with Crippen LogP contribution in [0.2, 0.25) is 13.1 Å². The molecule has 29 heavy (non-hydrogen) atoms. The molecule has 0 N–H and O–H groups in total. The van der Waals surface area contributed by atoms with Gasteiger partial charge in [-0.1, -0.05) is 40.2 Å². The molecule has 4 rings (SSSR count). The zero-order chi connectivity index (χ0) is 21.2. The SMILES string of the molecule is C[Si](C)OC([C@H]1CC[C@H]2[C@@H]3CCC4=CC(=O)CC[C@]4(C)[C@H]3CC[C@]12C)C(C)(C)C. The molecule has 4 aliphatic rings. The van der Waals surface area contributed by atoms with Crippen molar-refractivity contribution in [2.45, 2.75) is 105 Å². The maximum absolute atomic E-state index is 12.1. The summed E-state index contributed by atoms with van der Waals surface area (Å²) in [5.41, 5.74) is 2.42. The highest BCUT2D eigenvalue weighted by molar-refractivity contribution is 6.48. The number of fused-ring (bicyclic) bond motifs is 5. The molecule has 0 aromatic rings. The number of ketones is 1. The molecule has 7 atom stereocenters. The first-order chi connectivity index (χ1) is 13.5. The van der Waals surface area contributed by atoms with E-state index < -0.39 is 9.04 Å². The van der Waals surface area contributed by atoms with Crippen LogP contribution in [0.3, 0.4) is 0 Å². The van der Waals surface area contributed by atoms with Crippen molar-refractivity contribution in [3.8, 4) is 0 Å². The quantitative estimate of drug-likeness (QED) is 0.473. The summed E-state index contributed by atoms with van der Waals surface area (Å²) in [4.78, 5) is 12.1. The van der Waals surface area contributed by atoms with Gasteiger partial charge in [-0.05, 0) is 104 Å². The van der Waals surface area contributed by atoms with Crippen molar-refractivity contribution in [2.75, 3.05) is 0 Å². The lowest BCUT2D eigenvalue weighted by Crippen LogP contribution is -2.53. The normalized spacial score (nSPS) is 43.4. The van der Waals surface area contributed by atoms with Gasteiger partial charge < -0.3 is 4.43 Å². The van der Waals surface area contributed by atoms with E-state index in [4.69, 9.17) is 4.43 Å². The second-order valence-electron chi connectivity index (χ2n) is 12.5. The molecular weight excluding hydrogens is 372 g/mol. The molecule has 0 aliphatic heterocycles. The Kier molecular flexibility index (Phi) is 5.51. The molecular formula is C26H43O2Si. The van der Waals surface area contributed by atoms with Crippen molar-refractivity contribution < 1.29 is 9.22 Å². The summed E-state index contributed by atoms with van der Waals surface area (Å²) >= 11 is 0. The Morgan fingerprint density at radius 2 is 1.76 bits per heavy atom. The van der Waals surface area contributed by atoms with E-state index in [1.165, 1.54) is 37.7 Å². The highest BCUT2D eigenvalue weighted by Gasteiger charge is 2.60. The van der Waals surface area contributed by atoms with Gasteiger partial charge in [0.25, 0.3) is 0 Å². The molecule has 0 bridgehead atoms. The third kappa shape index (κ3) is 3.52. The molecule has 1 unspecified atom stereocenters.